The molecule has 0 amide bonds. The maximum atomic E-state index is 5.81. The van der Waals surface area contributed by atoms with Gasteiger partial charge in [0.2, 0.25) is 0 Å². The zero-order valence-corrected chi connectivity index (χ0v) is 12.6. The highest BCUT2D eigenvalue weighted by Gasteiger charge is 2.29. The highest BCUT2D eigenvalue weighted by atomic mass is 16.5. The van der Waals surface area contributed by atoms with Crippen molar-refractivity contribution in [3.05, 3.63) is 0 Å². The fraction of sp³-hybridized carbons (Fsp3) is 1.00. The minimum atomic E-state index is 0.311. The summed E-state index contributed by atoms with van der Waals surface area (Å²) in [4.78, 5) is 2.64. The van der Waals surface area contributed by atoms with Crippen molar-refractivity contribution < 1.29 is 4.74 Å². The molecule has 1 aliphatic heterocycles. The van der Waals surface area contributed by atoms with Crippen molar-refractivity contribution in [2.24, 2.45) is 17.3 Å². The zero-order valence-electron chi connectivity index (χ0n) is 12.6. The third-order valence-corrected chi connectivity index (χ3v) is 4.16. The first kappa shape index (κ1) is 14.3. The molecule has 0 aromatic rings. The fourth-order valence-corrected chi connectivity index (χ4v) is 3.20. The summed E-state index contributed by atoms with van der Waals surface area (Å²) < 4.78 is 5.81. The zero-order chi connectivity index (χ0) is 13.0. The maximum Gasteiger partial charge on any atom is 0.0519 e. The van der Waals surface area contributed by atoms with Crippen molar-refractivity contribution in [2.45, 2.75) is 52.9 Å². The van der Waals surface area contributed by atoms with Crippen LogP contribution < -0.4 is 0 Å². The number of likely N-dealkylation sites (tertiary alicyclic amines) is 1. The van der Waals surface area contributed by atoms with E-state index in [1.54, 1.807) is 0 Å². The molecule has 2 nitrogen and oxygen atoms in total. The average Bonchev–Trinajstić information content (AvgIpc) is 2.25. The normalized spacial score (nSPS) is 24.2. The Hall–Kier alpha value is -0.0800. The molecule has 2 fully saturated rings. The van der Waals surface area contributed by atoms with Crippen LogP contribution in [-0.2, 0) is 4.74 Å². The number of nitrogens with zero attached hydrogens (tertiary/aromatic N) is 1. The van der Waals surface area contributed by atoms with Crippen molar-refractivity contribution >= 4 is 0 Å². The van der Waals surface area contributed by atoms with Gasteiger partial charge in [-0.2, -0.15) is 0 Å². The summed E-state index contributed by atoms with van der Waals surface area (Å²) >= 11 is 0. The second kappa shape index (κ2) is 6.38. The Morgan fingerprint density at radius 2 is 1.67 bits per heavy atom. The Morgan fingerprint density at radius 1 is 1.00 bits per heavy atom. The van der Waals surface area contributed by atoms with Crippen LogP contribution in [0.5, 0.6) is 0 Å². The molecule has 0 spiro atoms. The van der Waals surface area contributed by atoms with E-state index in [4.69, 9.17) is 4.74 Å². The van der Waals surface area contributed by atoms with Crippen LogP contribution in [0, 0.1) is 17.3 Å². The summed E-state index contributed by atoms with van der Waals surface area (Å²) in [6.45, 7) is 12.5. The van der Waals surface area contributed by atoms with Gasteiger partial charge in [0.25, 0.3) is 0 Å². The van der Waals surface area contributed by atoms with Crippen molar-refractivity contribution in [3.63, 3.8) is 0 Å². The summed E-state index contributed by atoms with van der Waals surface area (Å²) in [6.07, 6.45) is 7.36. The standard InChI is InChI=1S/C16H31NO/c1-16(2,3)13-18-12-15-10-17(11-15)9-14-7-5-4-6-8-14/h14-15H,4-13H2,1-3H3. The minimum Gasteiger partial charge on any atom is -0.381 e. The van der Waals surface area contributed by atoms with Crippen LogP contribution in [0.2, 0.25) is 0 Å². The summed E-state index contributed by atoms with van der Waals surface area (Å²) in [7, 11) is 0. The molecule has 1 aliphatic carbocycles. The molecule has 0 unspecified atom stereocenters. The molecule has 2 rings (SSSR count). The minimum absolute atomic E-state index is 0.311. The van der Waals surface area contributed by atoms with E-state index >= 15 is 0 Å². The van der Waals surface area contributed by atoms with Gasteiger partial charge in [-0.3, -0.25) is 0 Å². The Bertz CT molecular complexity index is 234. The highest BCUT2D eigenvalue weighted by molar-refractivity contribution is 4.82. The lowest BCUT2D eigenvalue weighted by Crippen LogP contribution is -2.50. The fourth-order valence-electron chi connectivity index (χ4n) is 3.20. The van der Waals surface area contributed by atoms with Gasteiger partial charge < -0.3 is 9.64 Å². The van der Waals surface area contributed by atoms with E-state index < -0.39 is 0 Å². The third-order valence-electron chi connectivity index (χ3n) is 4.16. The van der Waals surface area contributed by atoms with Crippen LogP contribution in [0.4, 0.5) is 0 Å². The molecule has 0 bridgehead atoms. The van der Waals surface area contributed by atoms with Gasteiger partial charge in [-0.1, -0.05) is 40.0 Å². The summed E-state index contributed by atoms with van der Waals surface area (Å²) in [6, 6.07) is 0. The predicted molar refractivity (Wildman–Crippen MR) is 76.8 cm³/mol. The van der Waals surface area contributed by atoms with Crippen molar-refractivity contribution in [2.75, 3.05) is 32.8 Å². The monoisotopic (exact) mass is 253 g/mol. The largest absolute Gasteiger partial charge is 0.381 e. The maximum absolute atomic E-state index is 5.81. The quantitative estimate of drug-likeness (QED) is 0.743. The summed E-state index contributed by atoms with van der Waals surface area (Å²) in [5.41, 5.74) is 0.311. The number of hydrogen-bond acceptors (Lipinski definition) is 2. The topological polar surface area (TPSA) is 12.5 Å². The lowest BCUT2D eigenvalue weighted by Gasteiger charge is -2.42. The molecule has 2 heteroatoms. The van der Waals surface area contributed by atoms with E-state index in [1.807, 2.05) is 0 Å². The van der Waals surface area contributed by atoms with E-state index in [-0.39, 0.29) is 0 Å². The molecule has 1 heterocycles. The van der Waals surface area contributed by atoms with Crippen LogP contribution in [0.15, 0.2) is 0 Å². The van der Waals surface area contributed by atoms with E-state index in [1.165, 1.54) is 51.7 Å². The predicted octanol–water partition coefficient (Wildman–Crippen LogP) is 3.56. The Labute approximate surface area is 113 Å². The number of ether oxygens (including phenoxy) is 1. The van der Waals surface area contributed by atoms with Gasteiger partial charge >= 0.3 is 0 Å². The van der Waals surface area contributed by atoms with Gasteiger partial charge in [-0.15, -0.1) is 0 Å². The van der Waals surface area contributed by atoms with E-state index in [2.05, 4.69) is 25.7 Å². The van der Waals surface area contributed by atoms with Gasteiger partial charge in [0.1, 0.15) is 0 Å². The van der Waals surface area contributed by atoms with Gasteiger partial charge in [-0.05, 0) is 24.2 Å². The number of hydrogen-bond donors (Lipinski definition) is 0. The Balaban J connectivity index is 1.51. The first-order chi connectivity index (χ1) is 8.53. The van der Waals surface area contributed by atoms with Gasteiger partial charge in [0, 0.05) is 25.6 Å². The van der Waals surface area contributed by atoms with Crippen molar-refractivity contribution in [3.8, 4) is 0 Å². The SMILES string of the molecule is CC(C)(C)COCC1CN(CC2CCCCC2)C1. The summed E-state index contributed by atoms with van der Waals surface area (Å²) in [5.74, 6) is 1.80. The average molecular weight is 253 g/mol. The smallest absolute Gasteiger partial charge is 0.0519 e. The van der Waals surface area contributed by atoms with E-state index in [0.29, 0.717) is 5.41 Å². The van der Waals surface area contributed by atoms with Crippen LogP contribution in [0.1, 0.15) is 52.9 Å². The van der Waals surface area contributed by atoms with Crippen LogP contribution >= 0.6 is 0 Å². The molecule has 18 heavy (non-hydrogen) atoms. The molecule has 1 saturated heterocycles. The molecular weight excluding hydrogens is 222 g/mol. The summed E-state index contributed by atoms with van der Waals surface area (Å²) in [5, 5.41) is 0. The number of rotatable bonds is 5. The Morgan fingerprint density at radius 3 is 2.28 bits per heavy atom. The molecule has 0 aromatic heterocycles. The molecule has 106 valence electrons. The lowest BCUT2D eigenvalue weighted by atomic mass is 9.87. The third kappa shape index (κ3) is 4.89. The highest BCUT2D eigenvalue weighted by Crippen LogP contribution is 2.27. The van der Waals surface area contributed by atoms with Gasteiger partial charge in [0.05, 0.1) is 13.2 Å². The first-order valence-corrected chi connectivity index (χ1v) is 7.83. The molecule has 0 radical (unpaired) electrons. The lowest BCUT2D eigenvalue weighted by molar-refractivity contribution is -0.0147. The first-order valence-electron chi connectivity index (χ1n) is 7.83. The van der Waals surface area contributed by atoms with Crippen LogP contribution in [0.3, 0.4) is 0 Å². The van der Waals surface area contributed by atoms with Gasteiger partial charge in [0.15, 0.2) is 0 Å². The molecule has 0 N–H and O–H groups in total. The van der Waals surface area contributed by atoms with Crippen molar-refractivity contribution in [1.29, 1.82) is 0 Å². The van der Waals surface area contributed by atoms with Crippen molar-refractivity contribution in [1.82, 2.24) is 4.90 Å². The van der Waals surface area contributed by atoms with E-state index in [9.17, 15) is 0 Å². The second-order valence-electron chi connectivity index (χ2n) is 7.66. The molecule has 0 atom stereocenters. The second-order valence-corrected chi connectivity index (χ2v) is 7.66. The molecule has 0 aromatic carbocycles. The molecule has 2 aliphatic rings. The Kier molecular flexibility index (Phi) is 5.08. The van der Waals surface area contributed by atoms with Crippen LogP contribution in [0.25, 0.3) is 0 Å². The molecular formula is C16H31NO. The molecule has 1 saturated carbocycles. The van der Waals surface area contributed by atoms with Gasteiger partial charge in [-0.25, -0.2) is 0 Å². The van der Waals surface area contributed by atoms with Crippen LogP contribution in [-0.4, -0.2) is 37.7 Å². The van der Waals surface area contributed by atoms with E-state index in [0.717, 1.165) is 25.0 Å².